The molecule has 6 nitrogen and oxygen atoms in total. The summed E-state index contributed by atoms with van der Waals surface area (Å²) in [6.45, 7) is 3.58. The van der Waals surface area contributed by atoms with Crippen molar-refractivity contribution in [1.29, 1.82) is 0 Å². The lowest BCUT2D eigenvalue weighted by molar-refractivity contribution is -0.121. The Kier molecular flexibility index (Phi) is 6.20. The Hall–Kier alpha value is -2.90. The molecule has 0 bridgehead atoms. The Bertz CT molecular complexity index is 1100. The van der Waals surface area contributed by atoms with Gasteiger partial charge in [-0.25, -0.2) is 9.07 Å². The number of carbonyl (C=O) groups excluding carboxylic acids is 2. The van der Waals surface area contributed by atoms with Crippen LogP contribution in [-0.2, 0) is 11.2 Å². The number of hydrogen-bond acceptors (Lipinski definition) is 3. The first-order chi connectivity index (χ1) is 13.8. The van der Waals surface area contributed by atoms with E-state index in [1.165, 1.54) is 24.3 Å². The third-order valence-electron chi connectivity index (χ3n) is 4.35. The monoisotopic (exact) mass is 434 g/mol. The van der Waals surface area contributed by atoms with E-state index in [-0.39, 0.29) is 12.0 Å². The maximum atomic E-state index is 13.6. The molecule has 3 rings (SSSR count). The minimum Gasteiger partial charge on any atom is -0.273 e. The Morgan fingerprint density at radius 1 is 1.10 bits per heavy atom. The lowest BCUT2D eigenvalue weighted by atomic mass is 10.1. The van der Waals surface area contributed by atoms with Gasteiger partial charge >= 0.3 is 0 Å². The van der Waals surface area contributed by atoms with Crippen molar-refractivity contribution < 1.29 is 14.0 Å². The van der Waals surface area contributed by atoms with Crippen molar-refractivity contribution in [2.45, 2.75) is 20.3 Å². The molecule has 9 heteroatoms. The lowest BCUT2D eigenvalue weighted by Gasteiger charge is -2.09. The zero-order valence-corrected chi connectivity index (χ0v) is 17.1. The van der Waals surface area contributed by atoms with Crippen LogP contribution < -0.4 is 10.9 Å². The quantitative estimate of drug-likeness (QED) is 0.610. The molecule has 0 saturated heterocycles. The summed E-state index contributed by atoms with van der Waals surface area (Å²) in [5.74, 6) is -1.89. The van der Waals surface area contributed by atoms with Gasteiger partial charge in [-0.15, -0.1) is 0 Å². The molecule has 0 atom stereocenters. The number of halogens is 3. The van der Waals surface area contributed by atoms with Crippen molar-refractivity contribution in [1.82, 2.24) is 20.6 Å². The standard InChI is InChI=1S/C20H17Cl2FN4O2/c1-11-15(12(2)27(26-11)18-8-7-13(21)9-16(18)22)10-19(28)24-25-20(29)14-5-3-4-6-17(14)23/h3-9H,10H2,1-2H3,(H,24,28)(H,25,29). The van der Waals surface area contributed by atoms with Crippen LogP contribution in [0.25, 0.3) is 5.69 Å². The summed E-state index contributed by atoms with van der Waals surface area (Å²) >= 11 is 12.2. The fraction of sp³-hybridized carbons (Fsp3) is 0.150. The Balaban J connectivity index is 1.72. The van der Waals surface area contributed by atoms with Crippen LogP contribution in [0.4, 0.5) is 4.39 Å². The van der Waals surface area contributed by atoms with E-state index in [2.05, 4.69) is 16.0 Å². The zero-order chi connectivity index (χ0) is 21.1. The number of amides is 2. The van der Waals surface area contributed by atoms with Crippen molar-refractivity contribution in [2.75, 3.05) is 0 Å². The molecule has 2 aromatic carbocycles. The molecule has 0 radical (unpaired) electrons. The first-order valence-corrected chi connectivity index (χ1v) is 9.37. The number of nitrogens with zero attached hydrogens (tertiary/aromatic N) is 2. The largest absolute Gasteiger partial charge is 0.273 e. The molecular weight excluding hydrogens is 418 g/mol. The molecule has 1 heterocycles. The number of rotatable bonds is 4. The fourth-order valence-corrected chi connectivity index (χ4v) is 3.35. The molecule has 0 saturated carbocycles. The van der Waals surface area contributed by atoms with E-state index < -0.39 is 17.6 Å². The third kappa shape index (κ3) is 4.58. The van der Waals surface area contributed by atoms with Crippen LogP contribution in [0.3, 0.4) is 0 Å². The molecular formula is C20H17Cl2FN4O2. The minimum absolute atomic E-state index is 0.0274. The number of carbonyl (C=O) groups is 2. The molecule has 0 unspecified atom stereocenters. The number of hydrogen-bond donors (Lipinski definition) is 2. The number of nitrogens with one attached hydrogen (secondary N) is 2. The molecule has 150 valence electrons. The molecule has 29 heavy (non-hydrogen) atoms. The van der Waals surface area contributed by atoms with Gasteiger partial charge in [-0.1, -0.05) is 35.3 Å². The fourth-order valence-electron chi connectivity index (χ4n) is 2.86. The van der Waals surface area contributed by atoms with Crippen LogP contribution >= 0.6 is 23.2 Å². The van der Waals surface area contributed by atoms with Gasteiger partial charge in [0.1, 0.15) is 5.82 Å². The van der Waals surface area contributed by atoms with Crippen molar-refractivity contribution in [3.63, 3.8) is 0 Å². The van der Waals surface area contributed by atoms with E-state index in [1.54, 1.807) is 29.8 Å². The van der Waals surface area contributed by atoms with Crippen LogP contribution in [0.15, 0.2) is 42.5 Å². The second kappa shape index (κ2) is 8.63. The van der Waals surface area contributed by atoms with Gasteiger partial charge < -0.3 is 0 Å². The first kappa shape index (κ1) is 20.8. The molecule has 0 fully saturated rings. The normalized spacial score (nSPS) is 10.7. The topological polar surface area (TPSA) is 76.0 Å². The van der Waals surface area contributed by atoms with Crippen LogP contribution in [0.5, 0.6) is 0 Å². The molecule has 0 spiro atoms. The highest BCUT2D eigenvalue weighted by Gasteiger charge is 2.18. The average molecular weight is 435 g/mol. The molecule has 0 aliphatic carbocycles. The highest BCUT2D eigenvalue weighted by Crippen LogP contribution is 2.27. The van der Waals surface area contributed by atoms with E-state index in [4.69, 9.17) is 23.2 Å². The van der Waals surface area contributed by atoms with E-state index in [0.717, 1.165) is 5.69 Å². The van der Waals surface area contributed by atoms with Crippen LogP contribution in [0, 0.1) is 19.7 Å². The SMILES string of the molecule is Cc1nn(-c2ccc(Cl)cc2Cl)c(C)c1CC(=O)NNC(=O)c1ccccc1F. The number of hydrazine groups is 1. The first-order valence-electron chi connectivity index (χ1n) is 8.62. The average Bonchev–Trinajstić information content (AvgIpc) is 2.94. The highest BCUT2D eigenvalue weighted by atomic mass is 35.5. The Labute approximate surface area is 176 Å². The number of benzene rings is 2. The lowest BCUT2D eigenvalue weighted by Crippen LogP contribution is -2.42. The van der Waals surface area contributed by atoms with Crippen LogP contribution in [0.2, 0.25) is 10.0 Å². The van der Waals surface area contributed by atoms with E-state index in [9.17, 15) is 14.0 Å². The van der Waals surface area contributed by atoms with Gasteiger partial charge in [0.2, 0.25) is 5.91 Å². The second-order valence-electron chi connectivity index (χ2n) is 6.32. The van der Waals surface area contributed by atoms with Crippen molar-refractivity contribution in [3.05, 3.63) is 80.8 Å². The minimum atomic E-state index is -0.742. The predicted octanol–water partition coefficient (Wildman–Crippen LogP) is 3.94. The van der Waals surface area contributed by atoms with Gasteiger partial charge in [0.05, 0.1) is 28.4 Å². The van der Waals surface area contributed by atoms with Crippen molar-refractivity contribution in [2.24, 2.45) is 0 Å². The maximum Gasteiger partial charge on any atom is 0.272 e. The number of aryl methyl sites for hydroxylation is 1. The van der Waals surface area contributed by atoms with E-state index in [0.29, 0.717) is 27.0 Å². The molecule has 0 aliphatic rings. The summed E-state index contributed by atoms with van der Waals surface area (Å²) in [6, 6.07) is 10.5. The van der Waals surface area contributed by atoms with Crippen molar-refractivity contribution in [3.8, 4) is 5.69 Å². The van der Waals surface area contributed by atoms with Crippen molar-refractivity contribution >= 4 is 35.0 Å². The van der Waals surface area contributed by atoms with E-state index >= 15 is 0 Å². The van der Waals surface area contributed by atoms with Gasteiger partial charge in [-0.2, -0.15) is 5.10 Å². The summed E-state index contributed by atoms with van der Waals surface area (Å²) in [5, 5.41) is 5.38. The zero-order valence-electron chi connectivity index (χ0n) is 15.6. The molecule has 0 aliphatic heterocycles. The summed E-state index contributed by atoms with van der Waals surface area (Å²) in [6.07, 6.45) is -0.0274. The van der Waals surface area contributed by atoms with Gasteiger partial charge in [0.25, 0.3) is 5.91 Å². The van der Waals surface area contributed by atoms with Crippen LogP contribution in [0.1, 0.15) is 27.3 Å². The molecule has 2 N–H and O–H groups in total. The highest BCUT2D eigenvalue weighted by molar-refractivity contribution is 6.35. The van der Waals surface area contributed by atoms with Gasteiger partial charge in [-0.3, -0.25) is 20.4 Å². The van der Waals surface area contributed by atoms with E-state index in [1.807, 2.05) is 6.92 Å². The maximum absolute atomic E-state index is 13.6. The molecule has 1 aromatic heterocycles. The van der Waals surface area contributed by atoms with Gasteiger partial charge in [0.15, 0.2) is 0 Å². The predicted molar refractivity (Wildman–Crippen MR) is 109 cm³/mol. The van der Waals surface area contributed by atoms with Gasteiger partial charge in [-0.05, 0) is 44.2 Å². The molecule has 2 amide bonds. The second-order valence-corrected chi connectivity index (χ2v) is 7.16. The summed E-state index contributed by atoms with van der Waals surface area (Å²) in [7, 11) is 0. The smallest absolute Gasteiger partial charge is 0.272 e. The van der Waals surface area contributed by atoms with Crippen LogP contribution in [-0.4, -0.2) is 21.6 Å². The third-order valence-corrected chi connectivity index (χ3v) is 4.89. The summed E-state index contributed by atoms with van der Waals surface area (Å²) in [4.78, 5) is 24.3. The summed E-state index contributed by atoms with van der Waals surface area (Å²) < 4.78 is 15.3. The molecule has 3 aromatic rings. The Morgan fingerprint density at radius 2 is 1.83 bits per heavy atom. The Morgan fingerprint density at radius 3 is 2.52 bits per heavy atom. The number of aromatic nitrogens is 2. The summed E-state index contributed by atoms with van der Waals surface area (Å²) in [5.41, 5.74) is 7.03. The van der Waals surface area contributed by atoms with Gasteiger partial charge in [0, 0.05) is 16.3 Å².